The summed E-state index contributed by atoms with van der Waals surface area (Å²) >= 11 is 5.56. The third-order valence-electron chi connectivity index (χ3n) is 3.63. The number of rotatable bonds is 4. The molecule has 21 heavy (non-hydrogen) atoms. The molecule has 2 rings (SSSR count). The van der Waals surface area contributed by atoms with E-state index >= 15 is 0 Å². The van der Waals surface area contributed by atoms with Crippen molar-refractivity contribution >= 4 is 27.6 Å². The Morgan fingerprint density at radius 2 is 2.19 bits per heavy atom. The second kappa shape index (κ2) is 5.90. The zero-order valence-corrected chi connectivity index (χ0v) is 12.9. The molecule has 0 aliphatic carbocycles. The van der Waals surface area contributed by atoms with E-state index in [-0.39, 0.29) is 10.9 Å². The van der Waals surface area contributed by atoms with Gasteiger partial charge in [0.25, 0.3) is 0 Å². The van der Waals surface area contributed by atoms with Gasteiger partial charge in [-0.1, -0.05) is 18.5 Å². The topological polar surface area (TPSA) is 74.7 Å². The molecule has 8 heteroatoms. The zero-order chi connectivity index (χ0) is 15.8. The van der Waals surface area contributed by atoms with Crippen LogP contribution in [0.15, 0.2) is 17.0 Å². The minimum Gasteiger partial charge on any atom is -0.478 e. The second-order valence-corrected chi connectivity index (χ2v) is 7.16. The molecule has 1 aromatic carbocycles. The van der Waals surface area contributed by atoms with Crippen LogP contribution in [0, 0.1) is 5.82 Å². The molecule has 1 N–H and O–H groups in total. The van der Waals surface area contributed by atoms with Gasteiger partial charge in [0.1, 0.15) is 5.82 Å². The van der Waals surface area contributed by atoms with E-state index in [9.17, 15) is 17.6 Å². The highest BCUT2D eigenvalue weighted by Crippen LogP contribution is 2.31. The molecule has 0 saturated carbocycles. The van der Waals surface area contributed by atoms with E-state index < -0.39 is 32.4 Å². The van der Waals surface area contributed by atoms with Crippen molar-refractivity contribution in [2.24, 2.45) is 0 Å². The average Bonchev–Trinajstić information content (AvgIpc) is 2.90. The molecule has 1 fully saturated rings. The van der Waals surface area contributed by atoms with Gasteiger partial charge in [-0.15, -0.1) is 0 Å². The Bertz CT molecular complexity index is 677. The Hall–Kier alpha value is -1.18. The fourth-order valence-corrected chi connectivity index (χ4v) is 4.53. The number of halogens is 2. The van der Waals surface area contributed by atoms with Crippen LogP contribution in [0.1, 0.15) is 36.5 Å². The van der Waals surface area contributed by atoms with E-state index in [4.69, 9.17) is 16.7 Å². The fraction of sp³-hybridized carbons (Fsp3) is 0.462. The van der Waals surface area contributed by atoms with Gasteiger partial charge in [0.2, 0.25) is 10.0 Å². The van der Waals surface area contributed by atoms with Gasteiger partial charge in [-0.05, 0) is 31.4 Å². The maximum absolute atomic E-state index is 13.7. The maximum Gasteiger partial charge on any atom is 0.337 e. The highest BCUT2D eigenvalue weighted by molar-refractivity contribution is 7.89. The van der Waals surface area contributed by atoms with E-state index in [1.54, 1.807) is 0 Å². The number of hydrogen-bond donors (Lipinski definition) is 1. The molecule has 116 valence electrons. The van der Waals surface area contributed by atoms with Crippen LogP contribution in [-0.2, 0) is 10.0 Å². The average molecular weight is 336 g/mol. The van der Waals surface area contributed by atoms with Crippen molar-refractivity contribution in [3.63, 3.8) is 0 Å². The smallest absolute Gasteiger partial charge is 0.337 e. The summed E-state index contributed by atoms with van der Waals surface area (Å²) < 4.78 is 40.2. The number of benzene rings is 1. The monoisotopic (exact) mass is 335 g/mol. The first-order valence-electron chi connectivity index (χ1n) is 6.53. The Balaban J connectivity index is 2.53. The summed E-state index contributed by atoms with van der Waals surface area (Å²) in [5, 5.41) is 8.40. The van der Waals surface area contributed by atoms with Crippen LogP contribution in [0.5, 0.6) is 0 Å². The SMILES string of the molecule is CCC1CCCN1S(=O)(=O)c1cc(F)c(Cl)c(C(=O)O)c1. The summed E-state index contributed by atoms with van der Waals surface area (Å²) in [4.78, 5) is 10.7. The van der Waals surface area contributed by atoms with Crippen molar-refractivity contribution in [1.29, 1.82) is 0 Å². The fourth-order valence-electron chi connectivity index (χ4n) is 2.54. The van der Waals surface area contributed by atoms with Gasteiger partial charge >= 0.3 is 5.97 Å². The molecule has 1 atom stereocenters. The summed E-state index contributed by atoms with van der Waals surface area (Å²) in [6, 6.07) is 1.55. The van der Waals surface area contributed by atoms with Crippen LogP contribution in [-0.4, -0.2) is 36.4 Å². The molecular formula is C13H15ClFNO4S. The Kier molecular flexibility index (Phi) is 4.55. The number of nitrogens with zero attached hydrogens (tertiary/aromatic N) is 1. The minimum absolute atomic E-state index is 0.137. The first-order valence-corrected chi connectivity index (χ1v) is 8.35. The molecule has 1 heterocycles. The number of carboxylic acids is 1. The lowest BCUT2D eigenvalue weighted by Crippen LogP contribution is -2.35. The Morgan fingerprint density at radius 3 is 2.76 bits per heavy atom. The highest BCUT2D eigenvalue weighted by Gasteiger charge is 2.35. The molecule has 0 radical (unpaired) electrons. The molecule has 1 saturated heterocycles. The number of carbonyl (C=O) groups is 1. The van der Waals surface area contributed by atoms with Crippen LogP contribution >= 0.6 is 11.6 Å². The number of carboxylic acid groups (broad SMARTS) is 1. The molecule has 5 nitrogen and oxygen atoms in total. The molecule has 0 spiro atoms. The Morgan fingerprint density at radius 1 is 1.52 bits per heavy atom. The van der Waals surface area contributed by atoms with Gasteiger partial charge < -0.3 is 5.11 Å². The van der Waals surface area contributed by atoms with Gasteiger partial charge in [-0.25, -0.2) is 17.6 Å². The minimum atomic E-state index is -3.92. The predicted octanol–water partition coefficient (Wildman–Crippen LogP) is 2.74. The summed E-state index contributed by atoms with van der Waals surface area (Å²) in [5.74, 6) is -2.52. The van der Waals surface area contributed by atoms with Crippen molar-refractivity contribution in [2.75, 3.05) is 6.54 Å². The van der Waals surface area contributed by atoms with Crippen LogP contribution < -0.4 is 0 Å². The van der Waals surface area contributed by atoms with Crippen LogP contribution in [0.4, 0.5) is 4.39 Å². The largest absolute Gasteiger partial charge is 0.478 e. The summed E-state index contributed by atoms with van der Waals surface area (Å²) in [6.07, 6.45) is 2.14. The van der Waals surface area contributed by atoms with Crippen molar-refractivity contribution in [3.8, 4) is 0 Å². The lowest BCUT2D eigenvalue weighted by atomic mass is 10.2. The second-order valence-electron chi connectivity index (χ2n) is 4.89. The van der Waals surface area contributed by atoms with E-state index in [0.717, 1.165) is 25.0 Å². The molecular weight excluding hydrogens is 321 g/mol. The number of hydrogen-bond acceptors (Lipinski definition) is 3. The third-order valence-corrected chi connectivity index (χ3v) is 5.95. The first kappa shape index (κ1) is 16.2. The van der Waals surface area contributed by atoms with Gasteiger partial charge in [0.15, 0.2) is 0 Å². The standard InChI is InChI=1S/C13H15ClFNO4S/c1-2-8-4-3-5-16(8)21(19,20)9-6-10(13(17)18)12(14)11(15)7-9/h6-8H,2-5H2,1H3,(H,17,18). The number of aromatic carboxylic acids is 1. The summed E-state index contributed by atoms with van der Waals surface area (Å²) in [6.45, 7) is 2.23. The lowest BCUT2D eigenvalue weighted by molar-refractivity contribution is 0.0696. The van der Waals surface area contributed by atoms with Crippen molar-refractivity contribution in [2.45, 2.75) is 37.1 Å². The molecule has 1 unspecified atom stereocenters. The van der Waals surface area contributed by atoms with E-state index in [1.165, 1.54) is 4.31 Å². The quantitative estimate of drug-likeness (QED) is 0.918. The molecule has 0 amide bonds. The van der Waals surface area contributed by atoms with Crippen molar-refractivity contribution in [1.82, 2.24) is 4.31 Å². The number of sulfonamides is 1. The van der Waals surface area contributed by atoms with Crippen LogP contribution in [0.25, 0.3) is 0 Å². The highest BCUT2D eigenvalue weighted by atomic mass is 35.5. The van der Waals surface area contributed by atoms with Crippen LogP contribution in [0.3, 0.4) is 0 Å². The molecule has 1 aliphatic rings. The molecule has 0 bridgehead atoms. The van der Waals surface area contributed by atoms with Crippen LogP contribution in [0.2, 0.25) is 5.02 Å². The first-order chi connectivity index (χ1) is 9.78. The Labute approximate surface area is 127 Å². The van der Waals surface area contributed by atoms with Gasteiger partial charge in [-0.3, -0.25) is 0 Å². The van der Waals surface area contributed by atoms with E-state index in [0.29, 0.717) is 13.0 Å². The van der Waals surface area contributed by atoms with E-state index in [1.807, 2.05) is 6.92 Å². The normalized spacial score (nSPS) is 19.9. The maximum atomic E-state index is 13.7. The third kappa shape index (κ3) is 2.90. The van der Waals surface area contributed by atoms with Crippen molar-refractivity contribution < 1.29 is 22.7 Å². The van der Waals surface area contributed by atoms with Gasteiger partial charge in [-0.2, -0.15) is 4.31 Å². The zero-order valence-electron chi connectivity index (χ0n) is 11.3. The van der Waals surface area contributed by atoms with Gasteiger partial charge in [0, 0.05) is 12.6 Å². The molecule has 1 aliphatic heterocycles. The summed E-state index contributed by atoms with van der Waals surface area (Å²) in [5.41, 5.74) is -0.553. The van der Waals surface area contributed by atoms with E-state index in [2.05, 4.69) is 0 Å². The van der Waals surface area contributed by atoms with Gasteiger partial charge in [0.05, 0.1) is 15.5 Å². The molecule has 1 aromatic rings. The predicted molar refractivity (Wildman–Crippen MR) is 75.6 cm³/mol. The van der Waals surface area contributed by atoms with Crippen molar-refractivity contribution in [3.05, 3.63) is 28.5 Å². The summed E-state index contributed by atoms with van der Waals surface area (Å²) in [7, 11) is -3.92. The lowest BCUT2D eigenvalue weighted by Gasteiger charge is -2.23. The molecule has 0 aromatic heterocycles.